The Kier molecular flexibility index (Phi) is 10.3. The standard InChI is InChI=1S/C24H32ClN3O5/c25-21-9-5-4-8-19(21)16-32-17-20(15-26)27-24(30)33-22(14-18-6-2-1-3-7-18)23(29)28-10-12-31-13-11-28/h4-5,8-9,18,20,22H,1-3,6-7,10-14,16-17H2,(H,27,30). The van der Waals surface area contributed by atoms with Gasteiger partial charge in [0.15, 0.2) is 6.10 Å². The Morgan fingerprint density at radius 1 is 1.21 bits per heavy atom. The topological polar surface area (TPSA) is 101 Å². The van der Waals surface area contributed by atoms with E-state index in [1.807, 2.05) is 24.3 Å². The smallest absolute Gasteiger partial charge is 0.409 e. The molecule has 2 atom stereocenters. The number of halogens is 1. The SMILES string of the molecule is N#CC(COCc1ccccc1Cl)NC(=O)OC(CC1CCCCC1)C(=O)N1CCOCC1. The van der Waals surface area contributed by atoms with Crippen molar-refractivity contribution < 1.29 is 23.8 Å². The highest BCUT2D eigenvalue weighted by atomic mass is 35.5. The molecule has 8 nitrogen and oxygen atoms in total. The van der Waals surface area contributed by atoms with Crippen LogP contribution in [-0.2, 0) is 25.6 Å². The van der Waals surface area contributed by atoms with Crippen LogP contribution in [0.1, 0.15) is 44.1 Å². The van der Waals surface area contributed by atoms with Gasteiger partial charge in [-0.05, 0) is 24.0 Å². The van der Waals surface area contributed by atoms with E-state index in [1.165, 1.54) is 6.42 Å². The van der Waals surface area contributed by atoms with E-state index < -0.39 is 18.2 Å². The molecule has 1 aromatic carbocycles. The van der Waals surface area contributed by atoms with E-state index in [2.05, 4.69) is 5.32 Å². The van der Waals surface area contributed by atoms with E-state index in [1.54, 1.807) is 11.0 Å². The number of hydrogen-bond acceptors (Lipinski definition) is 6. The molecule has 0 aromatic heterocycles. The second kappa shape index (κ2) is 13.4. The first-order valence-corrected chi connectivity index (χ1v) is 12.0. The number of nitrogens with one attached hydrogen (secondary N) is 1. The number of benzene rings is 1. The highest BCUT2D eigenvalue weighted by molar-refractivity contribution is 6.31. The normalized spacial score (nSPS) is 18.7. The Morgan fingerprint density at radius 3 is 2.64 bits per heavy atom. The molecule has 1 aliphatic carbocycles. The lowest BCUT2D eigenvalue weighted by molar-refractivity contribution is -0.145. The lowest BCUT2D eigenvalue weighted by atomic mass is 9.85. The molecular formula is C24H32ClN3O5. The molecule has 1 heterocycles. The Morgan fingerprint density at radius 2 is 1.94 bits per heavy atom. The summed E-state index contributed by atoms with van der Waals surface area (Å²) in [6, 6.07) is 8.35. The van der Waals surface area contributed by atoms with Gasteiger partial charge < -0.3 is 24.4 Å². The lowest BCUT2D eigenvalue weighted by Gasteiger charge is -2.32. The molecule has 0 bridgehead atoms. The predicted molar refractivity (Wildman–Crippen MR) is 123 cm³/mol. The Balaban J connectivity index is 1.53. The van der Waals surface area contributed by atoms with Gasteiger partial charge in [0.1, 0.15) is 6.04 Å². The first kappa shape index (κ1) is 25.3. The van der Waals surface area contributed by atoms with E-state index >= 15 is 0 Å². The van der Waals surface area contributed by atoms with Crippen LogP contribution in [0.25, 0.3) is 0 Å². The Bertz CT molecular complexity index is 819. The fourth-order valence-electron chi connectivity index (χ4n) is 4.23. The largest absolute Gasteiger partial charge is 0.436 e. The molecule has 0 radical (unpaired) electrons. The van der Waals surface area contributed by atoms with Gasteiger partial charge in [-0.15, -0.1) is 0 Å². The molecule has 3 rings (SSSR count). The van der Waals surface area contributed by atoms with E-state index in [0.29, 0.717) is 43.7 Å². The zero-order valence-electron chi connectivity index (χ0n) is 18.8. The monoisotopic (exact) mass is 477 g/mol. The minimum absolute atomic E-state index is 0.0263. The number of ether oxygens (including phenoxy) is 3. The summed E-state index contributed by atoms with van der Waals surface area (Å²) >= 11 is 6.11. The fourth-order valence-corrected chi connectivity index (χ4v) is 4.42. The molecule has 1 aromatic rings. The summed E-state index contributed by atoms with van der Waals surface area (Å²) in [5.41, 5.74) is 0.794. The van der Waals surface area contributed by atoms with Crippen molar-refractivity contribution in [3.8, 4) is 6.07 Å². The van der Waals surface area contributed by atoms with Crippen LogP contribution in [-0.4, -0.2) is 62.0 Å². The van der Waals surface area contributed by atoms with Gasteiger partial charge in [0.2, 0.25) is 0 Å². The van der Waals surface area contributed by atoms with Gasteiger partial charge in [0.25, 0.3) is 5.91 Å². The summed E-state index contributed by atoms with van der Waals surface area (Å²) in [6.07, 6.45) is 4.40. The molecule has 180 valence electrons. The number of rotatable bonds is 9. The highest BCUT2D eigenvalue weighted by Crippen LogP contribution is 2.28. The number of nitrogens with zero attached hydrogens (tertiary/aromatic N) is 2. The molecular weight excluding hydrogens is 446 g/mol. The second-order valence-corrected chi connectivity index (χ2v) is 8.91. The first-order chi connectivity index (χ1) is 16.1. The van der Waals surface area contributed by atoms with E-state index in [-0.39, 0.29) is 19.1 Å². The molecule has 9 heteroatoms. The quantitative estimate of drug-likeness (QED) is 0.582. The maximum absolute atomic E-state index is 13.1. The van der Waals surface area contributed by atoms with Crippen molar-refractivity contribution in [1.82, 2.24) is 10.2 Å². The maximum atomic E-state index is 13.1. The molecule has 1 N–H and O–H groups in total. The summed E-state index contributed by atoms with van der Waals surface area (Å²) in [5.74, 6) is 0.162. The Labute approximate surface area is 200 Å². The van der Waals surface area contributed by atoms with Crippen molar-refractivity contribution in [3.05, 3.63) is 34.9 Å². The summed E-state index contributed by atoms with van der Waals surface area (Å²) < 4.78 is 16.5. The Hall–Kier alpha value is -2.34. The minimum atomic E-state index is -0.909. The van der Waals surface area contributed by atoms with Gasteiger partial charge in [-0.3, -0.25) is 4.79 Å². The summed E-state index contributed by atoms with van der Waals surface area (Å²) in [6.45, 7) is 2.13. The number of nitriles is 1. The third-order valence-corrected chi connectivity index (χ3v) is 6.44. The number of amides is 2. The number of carbonyl (C=O) groups excluding carboxylic acids is 2. The van der Waals surface area contributed by atoms with E-state index in [0.717, 1.165) is 31.2 Å². The molecule has 2 amide bonds. The van der Waals surface area contributed by atoms with Crippen molar-refractivity contribution in [2.45, 2.75) is 57.3 Å². The lowest BCUT2D eigenvalue weighted by Crippen LogP contribution is -2.49. The molecule has 2 aliphatic rings. The zero-order valence-corrected chi connectivity index (χ0v) is 19.6. The third-order valence-electron chi connectivity index (χ3n) is 6.07. The van der Waals surface area contributed by atoms with Crippen LogP contribution in [0.2, 0.25) is 5.02 Å². The van der Waals surface area contributed by atoms with Crippen molar-refractivity contribution >= 4 is 23.6 Å². The molecule has 0 spiro atoms. The summed E-state index contributed by atoms with van der Waals surface area (Å²) in [5, 5.41) is 12.5. The number of carbonyl (C=O) groups is 2. The van der Waals surface area contributed by atoms with Crippen LogP contribution in [0.3, 0.4) is 0 Å². The zero-order chi connectivity index (χ0) is 23.5. The van der Waals surface area contributed by atoms with Gasteiger partial charge in [0, 0.05) is 18.1 Å². The predicted octanol–water partition coefficient (Wildman–Crippen LogP) is 3.67. The van der Waals surface area contributed by atoms with Crippen LogP contribution in [0.5, 0.6) is 0 Å². The van der Waals surface area contributed by atoms with Gasteiger partial charge in [0.05, 0.1) is 32.5 Å². The molecule has 1 saturated carbocycles. The first-order valence-electron chi connectivity index (χ1n) is 11.6. The third kappa shape index (κ3) is 8.18. The second-order valence-electron chi connectivity index (χ2n) is 8.50. The average molecular weight is 478 g/mol. The minimum Gasteiger partial charge on any atom is -0.436 e. The van der Waals surface area contributed by atoms with E-state index in [4.69, 9.17) is 25.8 Å². The van der Waals surface area contributed by atoms with Crippen LogP contribution in [0.4, 0.5) is 4.79 Å². The van der Waals surface area contributed by atoms with Crippen molar-refractivity contribution in [3.63, 3.8) is 0 Å². The van der Waals surface area contributed by atoms with E-state index in [9.17, 15) is 14.9 Å². The van der Waals surface area contributed by atoms with Crippen LogP contribution >= 0.6 is 11.6 Å². The molecule has 2 unspecified atom stereocenters. The fraction of sp³-hybridized carbons (Fsp3) is 0.625. The van der Waals surface area contributed by atoms with Gasteiger partial charge in [-0.1, -0.05) is 61.9 Å². The van der Waals surface area contributed by atoms with Gasteiger partial charge >= 0.3 is 6.09 Å². The summed E-state index contributed by atoms with van der Waals surface area (Å²) in [7, 11) is 0. The average Bonchev–Trinajstić information content (AvgIpc) is 2.85. The number of morpholine rings is 1. The van der Waals surface area contributed by atoms with Crippen molar-refractivity contribution in [2.24, 2.45) is 5.92 Å². The van der Waals surface area contributed by atoms with Crippen molar-refractivity contribution in [1.29, 1.82) is 5.26 Å². The van der Waals surface area contributed by atoms with Gasteiger partial charge in [-0.2, -0.15) is 5.26 Å². The molecule has 1 aliphatic heterocycles. The molecule has 2 fully saturated rings. The van der Waals surface area contributed by atoms with Crippen molar-refractivity contribution in [2.75, 3.05) is 32.9 Å². The highest BCUT2D eigenvalue weighted by Gasteiger charge is 2.32. The number of alkyl carbamates (subject to hydrolysis) is 1. The van der Waals surface area contributed by atoms with Crippen LogP contribution < -0.4 is 5.32 Å². The maximum Gasteiger partial charge on any atom is 0.409 e. The van der Waals surface area contributed by atoms with Crippen LogP contribution in [0.15, 0.2) is 24.3 Å². The van der Waals surface area contributed by atoms with Gasteiger partial charge in [-0.25, -0.2) is 4.79 Å². The molecule has 33 heavy (non-hydrogen) atoms. The van der Waals surface area contributed by atoms with Crippen LogP contribution in [0, 0.1) is 17.2 Å². The summed E-state index contributed by atoms with van der Waals surface area (Å²) in [4.78, 5) is 27.4. The number of hydrogen-bond donors (Lipinski definition) is 1. The molecule has 1 saturated heterocycles.